The molecule has 0 saturated carbocycles. The van der Waals surface area contributed by atoms with Gasteiger partial charge in [-0.25, -0.2) is 4.79 Å². The molecule has 20 heavy (non-hydrogen) atoms. The number of carbonyl (C=O) groups is 1. The molecule has 0 fully saturated rings. The van der Waals surface area contributed by atoms with Crippen LogP contribution >= 0.6 is 0 Å². The minimum atomic E-state index is -0.942. The fraction of sp³-hybridized carbons (Fsp3) is 0.118. The van der Waals surface area contributed by atoms with Gasteiger partial charge in [0.05, 0.1) is 7.11 Å². The van der Waals surface area contributed by atoms with Crippen LogP contribution in [0.25, 0.3) is 16.7 Å². The number of aryl methyl sites for hydroxylation is 1. The largest absolute Gasteiger partial charge is 0.496 e. The van der Waals surface area contributed by atoms with Gasteiger partial charge in [-0.3, -0.25) is 0 Å². The maximum atomic E-state index is 11.1. The summed E-state index contributed by atoms with van der Waals surface area (Å²) in [6.07, 6.45) is 1.27. The Bertz CT molecular complexity index is 738. The van der Waals surface area contributed by atoms with E-state index in [9.17, 15) is 4.79 Å². The number of hydrogen-bond acceptors (Lipinski definition) is 2. The summed E-state index contributed by atoms with van der Waals surface area (Å²) < 4.78 is 5.42. The molecule has 2 aromatic rings. The third kappa shape index (κ3) is 1.79. The van der Waals surface area contributed by atoms with Gasteiger partial charge in [0.1, 0.15) is 5.75 Å². The molecule has 2 aromatic carbocycles. The summed E-state index contributed by atoms with van der Waals surface area (Å²) in [5, 5.41) is 9.11. The Hall–Kier alpha value is -2.55. The Kier molecular flexibility index (Phi) is 2.83. The maximum Gasteiger partial charge on any atom is 0.328 e. The molecule has 0 aliphatic heterocycles. The molecule has 1 aliphatic carbocycles. The minimum absolute atomic E-state index is 0.741. The SMILES string of the molecule is COc1cccc2c1-c1ccc(C)cc1/C2=C\C(=O)O. The highest BCUT2D eigenvalue weighted by atomic mass is 16.5. The molecule has 3 heteroatoms. The molecule has 100 valence electrons. The third-order valence-electron chi connectivity index (χ3n) is 3.54. The minimum Gasteiger partial charge on any atom is -0.496 e. The molecule has 1 aliphatic rings. The Morgan fingerprint density at radius 3 is 2.65 bits per heavy atom. The second kappa shape index (κ2) is 4.53. The van der Waals surface area contributed by atoms with Crippen molar-refractivity contribution in [3.63, 3.8) is 0 Å². The number of rotatable bonds is 2. The number of ether oxygens (including phenoxy) is 1. The number of aliphatic carboxylic acids is 1. The Labute approximate surface area is 117 Å². The van der Waals surface area contributed by atoms with Crippen LogP contribution in [0.2, 0.25) is 0 Å². The molecule has 0 heterocycles. The van der Waals surface area contributed by atoms with Crippen molar-refractivity contribution in [2.24, 2.45) is 0 Å². The molecular formula is C17H14O3. The molecule has 0 unspecified atom stereocenters. The molecular weight excluding hydrogens is 252 g/mol. The highest BCUT2D eigenvalue weighted by Gasteiger charge is 2.26. The van der Waals surface area contributed by atoms with Gasteiger partial charge in [0.15, 0.2) is 0 Å². The summed E-state index contributed by atoms with van der Waals surface area (Å²) in [5.41, 5.74) is 5.70. The first-order chi connectivity index (χ1) is 9.61. The highest BCUT2D eigenvalue weighted by molar-refractivity contribution is 6.08. The van der Waals surface area contributed by atoms with E-state index in [1.165, 1.54) is 6.08 Å². The first kappa shape index (κ1) is 12.5. The summed E-state index contributed by atoms with van der Waals surface area (Å²) >= 11 is 0. The van der Waals surface area contributed by atoms with Gasteiger partial charge in [-0.2, -0.15) is 0 Å². The van der Waals surface area contributed by atoms with Crippen LogP contribution in [0, 0.1) is 6.92 Å². The summed E-state index contributed by atoms with van der Waals surface area (Å²) in [5.74, 6) is -0.176. The molecule has 1 N–H and O–H groups in total. The Morgan fingerprint density at radius 1 is 1.15 bits per heavy atom. The van der Waals surface area contributed by atoms with Crippen molar-refractivity contribution in [1.29, 1.82) is 0 Å². The van der Waals surface area contributed by atoms with Crippen molar-refractivity contribution in [3.05, 3.63) is 59.2 Å². The number of hydrogen-bond donors (Lipinski definition) is 1. The number of carboxylic acids is 1. The quantitative estimate of drug-likeness (QED) is 0.722. The van der Waals surface area contributed by atoms with E-state index >= 15 is 0 Å². The lowest BCUT2D eigenvalue weighted by molar-refractivity contribution is -0.131. The summed E-state index contributed by atoms with van der Waals surface area (Å²) in [6.45, 7) is 2.00. The predicted molar refractivity (Wildman–Crippen MR) is 77.9 cm³/mol. The summed E-state index contributed by atoms with van der Waals surface area (Å²) in [6, 6.07) is 11.8. The van der Waals surface area contributed by atoms with E-state index in [4.69, 9.17) is 9.84 Å². The lowest BCUT2D eigenvalue weighted by atomic mass is 10.0. The van der Waals surface area contributed by atoms with E-state index in [0.29, 0.717) is 0 Å². The fourth-order valence-electron chi connectivity index (χ4n) is 2.73. The van der Waals surface area contributed by atoms with Gasteiger partial charge < -0.3 is 9.84 Å². The van der Waals surface area contributed by atoms with Crippen LogP contribution in [-0.4, -0.2) is 18.2 Å². The monoisotopic (exact) mass is 266 g/mol. The molecule has 0 bridgehead atoms. The fourth-order valence-corrected chi connectivity index (χ4v) is 2.73. The molecule has 0 atom stereocenters. The van der Waals surface area contributed by atoms with Crippen LogP contribution in [0.5, 0.6) is 5.75 Å². The second-order valence-corrected chi connectivity index (χ2v) is 4.83. The van der Waals surface area contributed by atoms with E-state index in [1.54, 1.807) is 7.11 Å². The van der Waals surface area contributed by atoms with E-state index in [0.717, 1.165) is 39.1 Å². The van der Waals surface area contributed by atoms with Crippen molar-refractivity contribution in [3.8, 4) is 16.9 Å². The van der Waals surface area contributed by atoms with Crippen molar-refractivity contribution >= 4 is 11.5 Å². The molecule has 0 amide bonds. The van der Waals surface area contributed by atoms with Crippen LogP contribution in [0.4, 0.5) is 0 Å². The number of methoxy groups -OCH3 is 1. The van der Waals surface area contributed by atoms with Crippen molar-refractivity contribution in [2.45, 2.75) is 6.92 Å². The average Bonchev–Trinajstić information content (AvgIpc) is 2.72. The van der Waals surface area contributed by atoms with Crippen LogP contribution in [-0.2, 0) is 4.79 Å². The predicted octanol–water partition coefficient (Wildman–Crippen LogP) is 3.50. The van der Waals surface area contributed by atoms with Gasteiger partial charge in [-0.05, 0) is 35.3 Å². The topological polar surface area (TPSA) is 46.5 Å². The van der Waals surface area contributed by atoms with E-state index < -0.39 is 5.97 Å². The van der Waals surface area contributed by atoms with Crippen molar-refractivity contribution in [2.75, 3.05) is 7.11 Å². The molecule has 0 spiro atoms. The van der Waals surface area contributed by atoms with Crippen LogP contribution < -0.4 is 4.74 Å². The van der Waals surface area contributed by atoms with Gasteiger partial charge >= 0.3 is 5.97 Å². The molecule has 0 aromatic heterocycles. The van der Waals surface area contributed by atoms with Gasteiger partial charge in [-0.1, -0.05) is 35.9 Å². The second-order valence-electron chi connectivity index (χ2n) is 4.83. The number of benzene rings is 2. The van der Waals surface area contributed by atoms with Crippen LogP contribution in [0.1, 0.15) is 16.7 Å². The van der Waals surface area contributed by atoms with Gasteiger partial charge in [-0.15, -0.1) is 0 Å². The van der Waals surface area contributed by atoms with Crippen LogP contribution in [0.3, 0.4) is 0 Å². The standard InChI is InChI=1S/C17H14O3/c1-10-6-7-12-13(8-10)14(9-16(18)19)11-4-3-5-15(20-2)17(11)12/h3-9H,1-2H3,(H,18,19)/b14-9-. The maximum absolute atomic E-state index is 11.1. The zero-order valence-electron chi connectivity index (χ0n) is 11.3. The van der Waals surface area contributed by atoms with Gasteiger partial charge in [0.25, 0.3) is 0 Å². The highest BCUT2D eigenvalue weighted by Crippen LogP contribution is 2.48. The summed E-state index contributed by atoms with van der Waals surface area (Å²) in [4.78, 5) is 11.1. The van der Waals surface area contributed by atoms with Gasteiger partial charge in [0.2, 0.25) is 0 Å². The van der Waals surface area contributed by atoms with Crippen LogP contribution in [0.15, 0.2) is 42.5 Å². The zero-order chi connectivity index (χ0) is 14.3. The molecule has 0 radical (unpaired) electrons. The van der Waals surface area contributed by atoms with E-state index in [1.807, 2.05) is 43.3 Å². The lowest BCUT2D eigenvalue weighted by Crippen LogP contribution is -1.92. The third-order valence-corrected chi connectivity index (χ3v) is 3.54. The van der Waals surface area contributed by atoms with E-state index in [2.05, 4.69) is 0 Å². The number of fused-ring (bicyclic) bond motifs is 3. The average molecular weight is 266 g/mol. The number of carboxylic acid groups (broad SMARTS) is 1. The van der Waals surface area contributed by atoms with Crippen molar-refractivity contribution < 1.29 is 14.6 Å². The van der Waals surface area contributed by atoms with E-state index in [-0.39, 0.29) is 0 Å². The molecule has 0 saturated heterocycles. The van der Waals surface area contributed by atoms with Crippen molar-refractivity contribution in [1.82, 2.24) is 0 Å². The molecule has 3 nitrogen and oxygen atoms in total. The molecule has 3 rings (SSSR count). The summed E-state index contributed by atoms with van der Waals surface area (Å²) in [7, 11) is 1.63. The zero-order valence-corrected chi connectivity index (χ0v) is 11.3. The first-order valence-corrected chi connectivity index (χ1v) is 6.35. The Morgan fingerprint density at radius 2 is 1.95 bits per heavy atom. The lowest BCUT2D eigenvalue weighted by Gasteiger charge is -2.07. The van der Waals surface area contributed by atoms with Gasteiger partial charge in [0, 0.05) is 11.6 Å². The smallest absolute Gasteiger partial charge is 0.328 e. The first-order valence-electron chi connectivity index (χ1n) is 6.35. The normalized spacial score (nSPS) is 14.0. The Balaban J connectivity index is 2.38.